The topological polar surface area (TPSA) is 46.5 Å². The van der Waals surface area contributed by atoms with Gasteiger partial charge in [0.1, 0.15) is 5.75 Å². The molecule has 70 valence electrons. The number of hydrogen-bond donors (Lipinski definition) is 1. The van der Waals surface area contributed by atoms with E-state index in [1.54, 1.807) is 18.2 Å². The number of hydrogen-bond acceptors (Lipinski definition) is 2. The first-order valence-corrected chi connectivity index (χ1v) is 4.74. The van der Waals surface area contributed by atoms with Crippen LogP contribution in [0.25, 0.3) is 0 Å². The van der Waals surface area contributed by atoms with Crippen molar-refractivity contribution in [2.24, 2.45) is 0 Å². The molecule has 0 aliphatic carbocycles. The van der Waals surface area contributed by atoms with Crippen LogP contribution in [0.2, 0.25) is 0 Å². The van der Waals surface area contributed by atoms with Gasteiger partial charge in [-0.2, -0.15) is 4.21 Å². The van der Waals surface area contributed by atoms with Crippen LogP contribution in [0.5, 0.6) is 5.75 Å². The van der Waals surface area contributed by atoms with E-state index in [1.807, 2.05) is 12.1 Å². The summed E-state index contributed by atoms with van der Waals surface area (Å²) in [5.41, 5.74) is 1.09. The van der Waals surface area contributed by atoms with E-state index in [0.29, 0.717) is 5.75 Å². The van der Waals surface area contributed by atoms with Gasteiger partial charge in [-0.05, 0) is 24.1 Å². The van der Waals surface area contributed by atoms with E-state index in [-0.39, 0.29) is 0 Å². The number of rotatable bonds is 4. The molecule has 3 nitrogen and oxygen atoms in total. The molecule has 0 saturated carbocycles. The third-order valence-electron chi connectivity index (χ3n) is 1.47. The molecule has 0 aliphatic rings. The van der Waals surface area contributed by atoms with Gasteiger partial charge in [-0.15, -0.1) is 6.58 Å². The molecule has 13 heavy (non-hydrogen) atoms. The quantitative estimate of drug-likeness (QED) is 0.594. The molecule has 4 heteroatoms. The van der Waals surface area contributed by atoms with Crippen LogP contribution in [0.4, 0.5) is 0 Å². The van der Waals surface area contributed by atoms with Gasteiger partial charge in [0.25, 0.3) is 0 Å². The zero-order valence-corrected chi connectivity index (χ0v) is 7.79. The maximum atomic E-state index is 10.3. The van der Waals surface area contributed by atoms with Crippen molar-refractivity contribution in [2.45, 2.75) is 6.42 Å². The van der Waals surface area contributed by atoms with Gasteiger partial charge >= 0.3 is 11.4 Å². The largest absolute Gasteiger partial charge is 0.380 e. The summed E-state index contributed by atoms with van der Waals surface area (Å²) in [6.45, 7) is 3.61. The molecule has 0 spiro atoms. The van der Waals surface area contributed by atoms with E-state index < -0.39 is 11.4 Å². The summed E-state index contributed by atoms with van der Waals surface area (Å²) in [5, 5.41) is 0. The van der Waals surface area contributed by atoms with Gasteiger partial charge in [0.15, 0.2) is 0 Å². The molecule has 1 unspecified atom stereocenters. The second-order valence-corrected chi connectivity index (χ2v) is 3.04. The van der Waals surface area contributed by atoms with Crippen LogP contribution >= 0.6 is 0 Å². The van der Waals surface area contributed by atoms with Gasteiger partial charge < -0.3 is 4.18 Å². The van der Waals surface area contributed by atoms with Crippen LogP contribution in [-0.4, -0.2) is 8.76 Å². The average Bonchev–Trinajstić information content (AvgIpc) is 2.08. The normalized spacial score (nSPS) is 12.1. The first-order chi connectivity index (χ1) is 6.22. The third-order valence-corrected chi connectivity index (χ3v) is 1.81. The Kier molecular flexibility index (Phi) is 3.67. The highest BCUT2D eigenvalue weighted by atomic mass is 32.2. The Labute approximate surface area is 79.5 Å². The molecular formula is C9H10O3S. The summed E-state index contributed by atoms with van der Waals surface area (Å²) in [4.78, 5) is 0. The van der Waals surface area contributed by atoms with E-state index in [4.69, 9.17) is 4.55 Å². The van der Waals surface area contributed by atoms with Crippen molar-refractivity contribution in [3.8, 4) is 5.75 Å². The number of allylic oxidation sites excluding steroid dienone is 1. The van der Waals surface area contributed by atoms with Gasteiger partial charge in [-0.3, -0.25) is 4.55 Å². The van der Waals surface area contributed by atoms with Crippen molar-refractivity contribution in [1.29, 1.82) is 0 Å². The summed E-state index contributed by atoms with van der Waals surface area (Å²) in [5.74, 6) is 0.383. The molecule has 1 aromatic rings. The molecule has 0 radical (unpaired) electrons. The first-order valence-electron chi connectivity index (χ1n) is 3.71. The summed E-state index contributed by atoms with van der Waals surface area (Å²) >= 11 is -2.25. The smallest absolute Gasteiger partial charge is 0.357 e. The summed E-state index contributed by atoms with van der Waals surface area (Å²) < 4.78 is 23.2. The third kappa shape index (κ3) is 3.40. The SMILES string of the molecule is C=CCc1ccc(OS(=O)O)cc1. The summed E-state index contributed by atoms with van der Waals surface area (Å²) in [7, 11) is 0. The standard InChI is InChI=1S/C9H10O3S/c1-2-3-8-4-6-9(7-5-8)12-13(10)11/h2,4-7H,1,3H2,(H,10,11). The van der Waals surface area contributed by atoms with Crippen molar-refractivity contribution in [3.63, 3.8) is 0 Å². The van der Waals surface area contributed by atoms with Crippen molar-refractivity contribution in [1.82, 2.24) is 0 Å². The van der Waals surface area contributed by atoms with Gasteiger partial charge in [-0.25, -0.2) is 0 Å². The lowest BCUT2D eigenvalue weighted by Crippen LogP contribution is -1.97. The van der Waals surface area contributed by atoms with Gasteiger partial charge in [0.2, 0.25) is 0 Å². The highest BCUT2D eigenvalue weighted by Crippen LogP contribution is 2.13. The minimum atomic E-state index is -2.25. The lowest BCUT2D eigenvalue weighted by atomic mass is 10.1. The van der Waals surface area contributed by atoms with Crippen molar-refractivity contribution in [3.05, 3.63) is 42.5 Å². The molecule has 1 rings (SSSR count). The molecule has 0 fully saturated rings. The first kappa shape index (κ1) is 9.95. The minimum absolute atomic E-state index is 0.383. The summed E-state index contributed by atoms with van der Waals surface area (Å²) in [6, 6.07) is 6.94. The molecule has 0 saturated heterocycles. The molecule has 0 bridgehead atoms. The summed E-state index contributed by atoms with van der Waals surface area (Å²) in [6.07, 6.45) is 2.57. The second-order valence-electron chi connectivity index (χ2n) is 2.44. The Balaban J connectivity index is 2.69. The molecule has 0 aliphatic heterocycles. The molecular weight excluding hydrogens is 188 g/mol. The van der Waals surface area contributed by atoms with Crippen LogP contribution in [0.1, 0.15) is 5.56 Å². The zero-order chi connectivity index (χ0) is 9.68. The van der Waals surface area contributed by atoms with Crippen LogP contribution in [0.15, 0.2) is 36.9 Å². The van der Waals surface area contributed by atoms with Gasteiger partial charge in [0, 0.05) is 0 Å². The Morgan fingerprint density at radius 2 is 2.08 bits per heavy atom. The maximum absolute atomic E-state index is 10.3. The molecule has 0 aromatic heterocycles. The zero-order valence-electron chi connectivity index (χ0n) is 6.97. The van der Waals surface area contributed by atoms with E-state index in [9.17, 15) is 4.21 Å². The number of benzene rings is 1. The fraction of sp³-hybridized carbons (Fsp3) is 0.111. The lowest BCUT2D eigenvalue weighted by Gasteiger charge is -2.00. The van der Waals surface area contributed by atoms with E-state index >= 15 is 0 Å². The van der Waals surface area contributed by atoms with E-state index in [2.05, 4.69) is 10.8 Å². The van der Waals surface area contributed by atoms with E-state index in [0.717, 1.165) is 12.0 Å². The van der Waals surface area contributed by atoms with E-state index in [1.165, 1.54) is 0 Å². The highest BCUT2D eigenvalue weighted by Gasteiger charge is 1.97. The second kappa shape index (κ2) is 4.79. The molecule has 0 heterocycles. The van der Waals surface area contributed by atoms with Crippen molar-refractivity contribution < 1.29 is 12.9 Å². The Morgan fingerprint density at radius 1 is 1.46 bits per heavy atom. The predicted molar refractivity (Wildman–Crippen MR) is 51.7 cm³/mol. The Bertz CT molecular complexity index is 305. The lowest BCUT2D eigenvalue weighted by molar-refractivity contribution is 0.458. The minimum Gasteiger partial charge on any atom is -0.380 e. The van der Waals surface area contributed by atoms with Gasteiger partial charge in [0.05, 0.1) is 0 Å². The Hall–Kier alpha value is -1.13. The molecule has 1 atom stereocenters. The van der Waals surface area contributed by atoms with Crippen LogP contribution in [-0.2, 0) is 17.8 Å². The highest BCUT2D eigenvalue weighted by molar-refractivity contribution is 7.74. The van der Waals surface area contributed by atoms with Gasteiger partial charge in [-0.1, -0.05) is 18.2 Å². The fourth-order valence-corrected chi connectivity index (χ4v) is 1.21. The monoisotopic (exact) mass is 198 g/mol. The average molecular weight is 198 g/mol. The molecule has 1 aromatic carbocycles. The van der Waals surface area contributed by atoms with Crippen molar-refractivity contribution in [2.75, 3.05) is 0 Å². The molecule has 1 N–H and O–H groups in total. The van der Waals surface area contributed by atoms with Crippen LogP contribution in [0, 0.1) is 0 Å². The maximum Gasteiger partial charge on any atom is 0.357 e. The Morgan fingerprint density at radius 3 is 2.54 bits per heavy atom. The fourth-order valence-electron chi connectivity index (χ4n) is 0.930. The van der Waals surface area contributed by atoms with Crippen LogP contribution in [0.3, 0.4) is 0 Å². The predicted octanol–water partition coefficient (Wildman–Crippen LogP) is 1.93. The molecule has 0 amide bonds. The van der Waals surface area contributed by atoms with Crippen molar-refractivity contribution >= 4 is 11.4 Å². The van der Waals surface area contributed by atoms with Crippen LogP contribution < -0.4 is 4.18 Å².